The second kappa shape index (κ2) is 7.86. The fourth-order valence-corrected chi connectivity index (χ4v) is 2.55. The van der Waals surface area contributed by atoms with Crippen LogP contribution >= 0.6 is 0 Å². The quantitative estimate of drug-likeness (QED) is 0.874. The van der Waals surface area contributed by atoms with Crippen LogP contribution in [-0.2, 0) is 4.79 Å². The molecule has 1 amide bonds. The van der Waals surface area contributed by atoms with Crippen LogP contribution in [0.15, 0.2) is 42.5 Å². The monoisotopic (exact) mass is 327 g/mol. The van der Waals surface area contributed by atoms with Gasteiger partial charge < -0.3 is 14.8 Å². The van der Waals surface area contributed by atoms with Gasteiger partial charge in [-0.1, -0.05) is 23.8 Å². The molecular formula is C20H25NO3. The Morgan fingerprint density at radius 1 is 1.00 bits per heavy atom. The van der Waals surface area contributed by atoms with Gasteiger partial charge in [0.15, 0.2) is 6.10 Å². The number of hydrogen-bond acceptors (Lipinski definition) is 3. The molecule has 0 aliphatic heterocycles. The Bertz CT molecular complexity index is 695. The molecule has 0 radical (unpaired) electrons. The number of rotatable bonds is 6. The van der Waals surface area contributed by atoms with Gasteiger partial charge in [0.2, 0.25) is 0 Å². The number of nitrogens with one attached hydrogen (secondary N) is 1. The summed E-state index contributed by atoms with van der Waals surface area (Å²) in [6, 6.07) is 13.4. The van der Waals surface area contributed by atoms with Gasteiger partial charge in [0.05, 0.1) is 13.2 Å². The standard InChI is InChI=1S/C20H25NO3/c1-13-6-7-14(2)19(12-13)15(3)21-20(22)16(4)24-18-10-8-17(23-5)9-11-18/h6-12,15-16H,1-5H3,(H,21,22). The zero-order chi connectivity index (χ0) is 17.7. The van der Waals surface area contributed by atoms with Crippen LogP contribution in [0.5, 0.6) is 11.5 Å². The Kier molecular flexibility index (Phi) is 5.85. The van der Waals surface area contributed by atoms with E-state index in [0.29, 0.717) is 5.75 Å². The molecule has 0 aliphatic rings. The van der Waals surface area contributed by atoms with E-state index in [2.05, 4.69) is 30.4 Å². The molecule has 0 aliphatic carbocycles. The number of carbonyl (C=O) groups excluding carboxylic acids is 1. The summed E-state index contributed by atoms with van der Waals surface area (Å²) in [4.78, 5) is 12.4. The summed E-state index contributed by atoms with van der Waals surface area (Å²) in [6.07, 6.45) is -0.578. The zero-order valence-corrected chi connectivity index (χ0v) is 14.9. The summed E-state index contributed by atoms with van der Waals surface area (Å²) in [5.74, 6) is 1.25. The molecule has 0 spiro atoms. The van der Waals surface area contributed by atoms with Crippen LogP contribution in [0.3, 0.4) is 0 Å². The minimum atomic E-state index is -0.578. The van der Waals surface area contributed by atoms with E-state index in [1.165, 1.54) is 5.56 Å². The first-order valence-electron chi connectivity index (χ1n) is 8.09. The molecule has 2 unspecified atom stereocenters. The van der Waals surface area contributed by atoms with Crippen molar-refractivity contribution in [2.75, 3.05) is 7.11 Å². The number of methoxy groups -OCH3 is 1. The van der Waals surface area contributed by atoms with E-state index in [4.69, 9.17) is 9.47 Å². The van der Waals surface area contributed by atoms with Crippen LogP contribution in [0.2, 0.25) is 0 Å². The molecule has 2 aromatic carbocycles. The van der Waals surface area contributed by atoms with Crippen LogP contribution in [0.1, 0.15) is 36.6 Å². The smallest absolute Gasteiger partial charge is 0.261 e. The van der Waals surface area contributed by atoms with Crippen LogP contribution in [0.4, 0.5) is 0 Å². The van der Waals surface area contributed by atoms with E-state index < -0.39 is 6.10 Å². The summed E-state index contributed by atoms with van der Waals surface area (Å²) < 4.78 is 10.8. The predicted octanol–water partition coefficient (Wildman–Crippen LogP) is 3.96. The molecule has 24 heavy (non-hydrogen) atoms. The minimum Gasteiger partial charge on any atom is -0.497 e. The van der Waals surface area contributed by atoms with Crippen LogP contribution in [0.25, 0.3) is 0 Å². The van der Waals surface area contributed by atoms with Gasteiger partial charge in [0.25, 0.3) is 5.91 Å². The molecule has 0 saturated heterocycles. The van der Waals surface area contributed by atoms with Crippen molar-refractivity contribution in [1.82, 2.24) is 5.32 Å². The third kappa shape index (κ3) is 4.51. The highest BCUT2D eigenvalue weighted by molar-refractivity contribution is 5.81. The maximum Gasteiger partial charge on any atom is 0.261 e. The fraction of sp³-hybridized carbons (Fsp3) is 0.350. The van der Waals surface area contributed by atoms with E-state index in [9.17, 15) is 4.79 Å². The predicted molar refractivity (Wildman–Crippen MR) is 95.6 cm³/mol. The van der Waals surface area contributed by atoms with Gasteiger partial charge in [-0.2, -0.15) is 0 Å². The lowest BCUT2D eigenvalue weighted by molar-refractivity contribution is -0.127. The molecule has 2 aromatic rings. The van der Waals surface area contributed by atoms with E-state index in [1.807, 2.05) is 13.8 Å². The first kappa shape index (κ1) is 17.9. The van der Waals surface area contributed by atoms with Crippen molar-refractivity contribution in [2.45, 2.75) is 39.8 Å². The summed E-state index contributed by atoms with van der Waals surface area (Å²) >= 11 is 0. The molecule has 0 bridgehead atoms. The summed E-state index contributed by atoms with van der Waals surface area (Å²) in [5.41, 5.74) is 3.47. The average molecular weight is 327 g/mol. The van der Waals surface area contributed by atoms with Crippen molar-refractivity contribution in [3.8, 4) is 11.5 Å². The number of hydrogen-bond donors (Lipinski definition) is 1. The fourth-order valence-electron chi connectivity index (χ4n) is 2.55. The highest BCUT2D eigenvalue weighted by Crippen LogP contribution is 2.20. The van der Waals surface area contributed by atoms with Gasteiger partial charge in [-0.25, -0.2) is 0 Å². The summed E-state index contributed by atoms with van der Waals surface area (Å²) in [5, 5.41) is 3.02. The van der Waals surface area contributed by atoms with Crippen molar-refractivity contribution in [3.63, 3.8) is 0 Å². The largest absolute Gasteiger partial charge is 0.497 e. The van der Waals surface area contributed by atoms with Gasteiger partial charge >= 0.3 is 0 Å². The highest BCUT2D eigenvalue weighted by Gasteiger charge is 2.18. The Balaban J connectivity index is 1.98. The number of carbonyl (C=O) groups is 1. The molecule has 4 heteroatoms. The van der Waals surface area contributed by atoms with Crippen LogP contribution in [-0.4, -0.2) is 19.1 Å². The Morgan fingerprint density at radius 3 is 2.25 bits per heavy atom. The molecule has 0 heterocycles. The van der Waals surface area contributed by atoms with Crippen molar-refractivity contribution in [2.24, 2.45) is 0 Å². The SMILES string of the molecule is COc1ccc(OC(C)C(=O)NC(C)c2cc(C)ccc2C)cc1. The second-order valence-corrected chi connectivity index (χ2v) is 6.03. The zero-order valence-electron chi connectivity index (χ0n) is 14.9. The van der Waals surface area contributed by atoms with Crippen molar-refractivity contribution >= 4 is 5.91 Å². The third-order valence-corrected chi connectivity index (χ3v) is 4.00. The van der Waals surface area contributed by atoms with Crippen LogP contribution < -0.4 is 14.8 Å². The number of amides is 1. The molecule has 0 aromatic heterocycles. The van der Waals surface area contributed by atoms with E-state index in [-0.39, 0.29) is 11.9 Å². The molecule has 2 rings (SSSR count). The third-order valence-electron chi connectivity index (χ3n) is 4.00. The lowest BCUT2D eigenvalue weighted by Crippen LogP contribution is -2.38. The van der Waals surface area contributed by atoms with Gasteiger partial charge in [0, 0.05) is 0 Å². The summed E-state index contributed by atoms with van der Waals surface area (Å²) in [6.45, 7) is 7.83. The first-order valence-corrected chi connectivity index (χ1v) is 8.09. The molecule has 0 saturated carbocycles. The number of aryl methyl sites for hydroxylation is 2. The van der Waals surface area contributed by atoms with Crippen LogP contribution in [0, 0.1) is 13.8 Å². The normalized spacial score (nSPS) is 13.0. The highest BCUT2D eigenvalue weighted by atomic mass is 16.5. The summed E-state index contributed by atoms with van der Waals surface area (Å²) in [7, 11) is 1.61. The minimum absolute atomic E-state index is 0.0701. The molecule has 2 atom stereocenters. The van der Waals surface area contributed by atoms with Gasteiger partial charge in [-0.05, 0) is 63.1 Å². The maximum absolute atomic E-state index is 12.4. The van der Waals surface area contributed by atoms with Gasteiger partial charge in [-0.15, -0.1) is 0 Å². The molecule has 1 N–H and O–H groups in total. The van der Waals surface area contributed by atoms with Crippen molar-refractivity contribution in [3.05, 3.63) is 59.2 Å². The topological polar surface area (TPSA) is 47.6 Å². The number of ether oxygens (including phenoxy) is 2. The van der Waals surface area contributed by atoms with Crippen molar-refractivity contribution < 1.29 is 14.3 Å². The molecular weight excluding hydrogens is 302 g/mol. The Hall–Kier alpha value is -2.49. The lowest BCUT2D eigenvalue weighted by atomic mass is 10.00. The Labute approximate surface area is 143 Å². The Morgan fingerprint density at radius 2 is 1.62 bits per heavy atom. The second-order valence-electron chi connectivity index (χ2n) is 6.03. The van der Waals surface area contributed by atoms with E-state index in [0.717, 1.165) is 16.9 Å². The average Bonchev–Trinajstić information content (AvgIpc) is 2.57. The molecule has 128 valence electrons. The van der Waals surface area contributed by atoms with E-state index in [1.54, 1.807) is 38.3 Å². The molecule has 0 fully saturated rings. The first-order chi connectivity index (χ1) is 11.4. The van der Waals surface area contributed by atoms with Gasteiger partial charge in [-0.3, -0.25) is 4.79 Å². The maximum atomic E-state index is 12.4. The van der Waals surface area contributed by atoms with Gasteiger partial charge in [0.1, 0.15) is 11.5 Å². The van der Waals surface area contributed by atoms with E-state index >= 15 is 0 Å². The number of benzene rings is 2. The van der Waals surface area contributed by atoms with Crippen molar-refractivity contribution in [1.29, 1.82) is 0 Å². The lowest BCUT2D eigenvalue weighted by Gasteiger charge is -2.20. The molecule has 4 nitrogen and oxygen atoms in total.